The molecule has 1 N–H and O–H groups in total. The summed E-state index contributed by atoms with van der Waals surface area (Å²) in [5.74, 6) is -1.33. The molecule has 3 rings (SSSR count). The summed E-state index contributed by atoms with van der Waals surface area (Å²) in [5.41, 5.74) is 1.17. The van der Waals surface area contributed by atoms with Gasteiger partial charge in [-0.3, -0.25) is 14.4 Å². The first-order valence-electron chi connectivity index (χ1n) is 9.22. The molecule has 0 radical (unpaired) electrons. The molecule has 0 aromatic heterocycles. The second-order valence-electron chi connectivity index (χ2n) is 6.47. The Bertz CT molecular complexity index is 900. The van der Waals surface area contributed by atoms with E-state index < -0.39 is 24.4 Å². The fourth-order valence-electron chi connectivity index (χ4n) is 3.03. The zero-order valence-corrected chi connectivity index (χ0v) is 16.6. The number of ether oxygens (including phenoxy) is 2. The van der Waals surface area contributed by atoms with Crippen molar-refractivity contribution in [2.24, 2.45) is 5.92 Å². The maximum Gasteiger partial charge on any atom is 0.311 e. The molecule has 2 aromatic rings. The predicted octanol–water partition coefficient (Wildman–Crippen LogP) is 3.27. The second-order valence-corrected chi connectivity index (χ2v) is 6.90. The normalized spacial score (nSPS) is 15.9. The van der Waals surface area contributed by atoms with E-state index in [2.05, 4.69) is 5.32 Å². The van der Waals surface area contributed by atoms with Crippen LogP contribution in [0.5, 0.6) is 5.75 Å². The Kier molecular flexibility index (Phi) is 6.72. The number of nitrogens with one attached hydrogen (secondary N) is 1. The van der Waals surface area contributed by atoms with Crippen molar-refractivity contribution in [3.05, 3.63) is 53.6 Å². The maximum absolute atomic E-state index is 12.3. The number of esters is 1. The summed E-state index contributed by atoms with van der Waals surface area (Å²) in [6, 6.07) is 13.8. The molecular formula is C21H21ClN2O5. The van der Waals surface area contributed by atoms with Gasteiger partial charge in [-0.05, 0) is 43.3 Å². The molecule has 29 heavy (non-hydrogen) atoms. The van der Waals surface area contributed by atoms with E-state index in [4.69, 9.17) is 21.1 Å². The van der Waals surface area contributed by atoms with Crippen LogP contribution in [0.1, 0.15) is 13.3 Å². The van der Waals surface area contributed by atoms with E-state index in [-0.39, 0.29) is 18.9 Å². The molecule has 0 bridgehead atoms. The monoisotopic (exact) mass is 416 g/mol. The highest BCUT2D eigenvalue weighted by molar-refractivity contribution is 6.30. The van der Waals surface area contributed by atoms with Crippen molar-refractivity contribution in [2.45, 2.75) is 13.3 Å². The number of nitrogens with zero attached hydrogens (tertiary/aromatic N) is 1. The highest BCUT2D eigenvalue weighted by atomic mass is 35.5. The van der Waals surface area contributed by atoms with Gasteiger partial charge in [-0.15, -0.1) is 0 Å². The number of halogens is 1. The quantitative estimate of drug-likeness (QED) is 0.700. The van der Waals surface area contributed by atoms with E-state index in [0.717, 1.165) is 0 Å². The molecule has 1 saturated heterocycles. The summed E-state index contributed by atoms with van der Waals surface area (Å²) >= 11 is 5.87. The summed E-state index contributed by atoms with van der Waals surface area (Å²) in [6.07, 6.45) is 0.0379. The third kappa shape index (κ3) is 5.26. The number of amides is 2. The maximum atomic E-state index is 12.3. The summed E-state index contributed by atoms with van der Waals surface area (Å²) in [4.78, 5) is 38.2. The van der Waals surface area contributed by atoms with Crippen LogP contribution < -0.4 is 15.0 Å². The number of rotatable bonds is 7. The first-order chi connectivity index (χ1) is 14.0. The standard InChI is InChI=1S/C21H21ClN2O5/c1-2-28-18-6-4-3-5-17(18)23-19(25)13-29-21(27)14-11-20(26)24(12-14)16-9-7-15(22)8-10-16/h3-10,14H,2,11-13H2,1H3,(H,23,25)/t14-/m1/s1. The topological polar surface area (TPSA) is 84.9 Å². The molecule has 0 spiro atoms. The Morgan fingerprint density at radius 1 is 1.17 bits per heavy atom. The van der Waals surface area contributed by atoms with E-state index in [9.17, 15) is 14.4 Å². The molecular weight excluding hydrogens is 396 g/mol. The number of hydrogen-bond donors (Lipinski definition) is 1. The molecule has 152 valence electrons. The Balaban J connectivity index is 1.52. The SMILES string of the molecule is CCOc1ccccc1NC(=O)COC(=O)[C@@H]1CC(=O)N(c2ccc(Cl)cc2)C1. The van der Waals surface area contributed by atoms with Gasteiger partial charge in [0.15, 0.2) is 6.61 Å². The lowest BCUT2D eigenvalue weighted by molar-refractivity contribution is -0.151. The van der Waals surface area contributed by atoms with Crippen LogP contribution in [-0.4, -0.2) is 37.5 Å². The van der Waals surface area contributed by atoms with Crippen molar-refractivity contribution in [2.75, 3.05) is 30.0 Å². The fraction of sp³-hybridized carbons (Fsp3) is 0.286. The van der Waals surface area contributed by atoms with Crippen LogP contribution in [0.2, 0.25) is 5.02 Å². The minimum absolute atomic E-state index is 0.0379. The highest BCUT2D eigenvalue weighted by Gasteiger charge is 2.36. The predicted molar refractivity (Wildman–Crippen MR) is 109 cm³/mol. The smallest absolute Gasteiger partial charge is 0.311 e. The van der Waals surface area contributed by atoms with Crippen molar-refractivity contribution in [1.29, 1.82) is 0 Å². The van der Waals surface area contributed by atoms with Gasteiger partial charge in [0.25, 0.3) is 5.91 Å². The Labute approximate surface area is 173 Å². The first-order valence-corrected chi connectivity index (χ1v) is 9.60. The number of benzene rings is 2. The van der Waals surface area contributed by atoms with E-state index >= 15 is 0 Å². The summed E-state index contributed by atoms with van der Waals surface area (Å²) in [7, 11) is 0. The summed E-state index contributed by atoms with van der Waals surface area (Å²) < 4.78 is 10.6. The second kappa shape index (κ2) is 9.43. The van der Waals surface area contributed by atoms with Crippen LogP contribution in [0.25, 0.3) is 0 Å². The molecule has 1 heterocycles. The number of para-hydroxylation sites is 2. The van der Waals surface area contributed by atoms with Gasteiger partial charge in [-0.2, -0.15) is 0 Å². The lowest BCUT2D eigenvalue weighted by Crippen LogP contribution is -2.28. The van der Waals surface area contributed by atoms with Gasteiger partial charge in [0.1, 0.15) is 5.75 Å². The van der Waals surface area contributed by atoms with Crippen LogP contribution >= 0.6 is 11.6 Å². The van der Waals surface area contributed by atoms with Gasteiger partial charge in [0, 0.05) is 23.7 Å². The molecule has 0 saturated carbocycles. The first kappa shape index (κ1) is 20.7. The average Bonchev–Trinajstić information content (AvgIpc) is 3.10. The fourth-order valence-corrected chi connectivity index (χ4v) is 3.15. The van der Waals surface area contributed by atoms with Gasteiger partial charge in [-0.25, -0.2) is 0 Å². The zero-order chi connectivity index (χ0) is 20.8. The molecule has 0 aliphatic carbocycles. The van der Waals surface area contributed by atoms with E-state index in [1.807, 2.05) is 6.92 Å². The van der Waals surface area contributed by atoms with E-state index in [0.29, 0.717) is 28.8 Å². The van der Waals surface area contributed by atoms with Crippen molar-refractivity contribution >= 4 is 40.8 Å². The van der Waals surface area contributed by atoms with E-state index in [1.165, 1.54) is 4.90 Å². The van der Waals surface area contributed by atoms with Crippen molar-refractivity contribution in [3.8, 4) is 5.75 Å². The van der Waals surface area contributed by atoms with Crippen LogP contribution in [-0.2, 0) is 19.1 Å². The van der Waals surface area contributed by atoms with Crippen LogP contribution in [0, 0.1) is 5.92 Å². The van der Waals surface area contributed by atoms with Gasteiger partial charge in [0.2, 0.25) is 5.91 Å². The molecule has 1 aliphatic heterocycles. The molecule has 1 aliphatic rings. The van der Waals surface area contributed by atoms with Gasteiger partial charge >= 0.3 is 5.97 Å². The molecule has 8 heteroatoms. The lowest BCUT2D eigenvalue weighted by atomic mass is 10.1. The summed E-state index contributed by atoms with van der Waals surface area (Å²) in [6.45, 7) is 2.07. The van der Waals surface area contributed by atoms with Gasteiger partial charge in [0.05, 0.1) is 18.2 Å². The minimum Gasteiger partial charge on any atom is -0.492 e. The number of anilines is 2. The highest BCUT2D eigenvalue weighted by Crippen LogP contribution is 2.27. The Morgan fingerprint density at radius 2 is 1.90 bits per heavy atom. The lowest BCUT2D eigenvalue weighted by Gasteiger charge is -2.16. The number of hydrogen-bond acceptors (Lipinski definition) is 5. The van der Waals surface area contributed by atoms with Crippen molar-refractivity contribution in [3.63, 3.8) is 0 Å². The largest absolute Gasteiger partial charge is 0.492 e. The Hall–Kier alpha value is -3.06. The summed E-state index contributed by atoms with van der Waals surface area (Å²) in [5, 5.41) is 3.22. The third-order valence-corrected chi connectivity index (χ3v) is 4.66. The molecule has 2 amide bonds. The van der Waals surface area contributed by atoms with Gasteiger partial charge in [-0.1, -0.05) is 23.7 Å². The molecule has 1 fully saturated rings. The average molecular weight is 417 g/mol. The van der Waals surface area contributed by atoms with Crippen LogP contribution in [0.15, 0.2) is 48.5 Å². The third-order valence-electron chi connectivity index (χ3n) is 4.40. The van der Waals surface area contributed by atoms with E-state index in [1.54, 1.807) is 48.5 Å². The Morgan fingerprint density at radius 3 is 2.62 bits per heavy atom. The van der Waals surface area contributed by atoms with Crippen molar-refractivity contribution < 1.29 is 23.9 Å². The van der Waals surface area contributed by atoms with Gasteiger partial charge < -0.3 is 19.7 Å². The van der Waals surface area contributed by atoms with Crippen LogP contribution in [0.4, 0.5) is 11.4 Å². The molecule has 1 atom stereocenters. The molecule has 2 aromatic carbocycles. The minimum atomic E-state index is -0.623. The zero-order valence-electron chi connectivity index (χ0n) is 15.9. The number of carbonyl (C=O) groups excluding carboxylic acids is 3. The molecule has 0 unspecified atom stereocenters. The molecule has 7 nitrogen and oxygen atoms in total. The van der Waals surface area contributed by atoms with Crippen molar-refractivity contribution in [1.82, 2.24) is 0 Å². The number of carbonyl (C=O) groups is 3. The van der Waals surface area contributed by atoms with Crippen LogP contribution in [0.3, 0.4) is 0 Å².